The number of rotatable bonds is 3. The van der Waals surface area contributed by atoms with Crippen molar-refractivity contribution < 1.29 is 18.1 Å². The number of urea groups is 1. The van der Waals surface area contributed by atoms with Gasteiger partial charge in [-0.3, -0.25) is 0 Å². The van der Waals surface area contributed by atoms with Crippen molar-refractivity contribution in [1.82, 2.24) is 15.0 Å². The van der Waals surface area contributed by atoms with E-state index in [0.29, 0.717) is 13.0 Å². The topological polar surface area (TPSA) is 71.3 Å². The molecule has 0 saturated carbocycles. The summed E-state index contributed by atoms with van der Waals surface area (Å²) in [6, 6.07) is 8.34. The van der Waals surface area contributed by atoms with Gasteiger partial charge in [-0.2, -0.15) is 4.98 Å². The maximum Gasteiger partial charge on any atom is 0.322 e. The third-order valence-electron chi connectivity index (χ3n) is 4.89. The number of anilines is 1. The lowest BCUT2D eigenvalue weighted by atomic mass is 10.1. The van der Waals surface area contributed by atoms with Crippen molar-refractivity contribution in [3.05, 3.63) is 65.1 Å². The molecule has 0 unspecified atom stereocenters. The number of likely N-dealkylation sites (tertiary alicyclic amines) is 1. The molecule has 2 amide bonds. The van der Waals surface area contributed by atoms with E-state index in [4.69, 9.17) is 4.52 Å². The first kappa shape index (κ1) is 19.0. The van der Waals surface area contributed by atoms with Gasteiger partial charge in [-0.05, 0) is 62.1 Å². The largest absolute Gasteiger partial charge is 0.337 e. The molecule has 1 atom stereocenters. The highest BCUT2D eigenvalue weighted by Gasteiger charge is 2.34. The molecule has 0 bridgehead atoms. The highest BCUT2D eigenvalue weighted by atomic mass is 19.1. The number of carbonyl (C=O) groups excluding carboxylic acids is 1. The first-order valence-corrected chi connectivity index (χ1v) is 9.35. The Hall–Kier alpha value is -3.29. The molecule has 1 aromatic heterocycles. The van der Waals surface area contributed by atoms with Crippen LogP contribution in [0.4, 0.5) is 19.3 Å². The molecule has 4 rings (SSSR count). The Morgan fingerprint density at radius 3 is 2.66 bits per heavy atom. The number of halogens is 2. The van der Waals surface area contributed by atoms with Gasteiger partial charge in [0.2, 0.25) is 11.7 Å². The first-order chi connectivity index (χ1) is 13.9. The number of hydrogen-bond acceptors (Lipinski definition) is 4. The predicted octanol–water partition coefficient (Wildman–Crippen LogP) is 5.00. The number of amides is 2. The Morgan fingerprint density at radius 2 is 1.93 bits per heavy atom. The average Bonchev–Trinajstić information content (AvgIpc) is 3.30. The van der Waals surface area contributed by atoms with Gasteiger partial charge in [0.05, 0.1) is 5.56 Å². The lowest BCUT2D eigenvalue weighted by Gasteiger charge is -2.22. The lowest BCUT2D eigenvalue weighted by Crippen LogP contribution is -2.34. The summed E-state index contributed by atoms with van der Waals surface area (Å²) >= 11 is 0. The Balaban J connectivity index is 1.54. The molecule has 8 heteroatoms. The molecule has 0 aliphatic carbocycles. The zero-order valence-electron chi connectivity index (χ0n) is 16.1. The van der Waals surface area contributed by atoms with Crippen LogP contribution in [-0.4, -0.2) is 27.6 Å². The van der Waals surface area contributed by atoms with Gasteiger partial charge in [0.15, 0.2) is 0 Å². The molecule has 3 aromatic rings. The molecule has 29 heavy (non-hydrogen) atoms. The van der Waals surface area contributed by atoms with Crippen LogP contribution >= 0.6 is 0 Å². The fourth-order valence-electron chi connectivity index (χ4n) is 3.66. The Bertz CT molecular complexity index is 1050. The van der Waals surface area contributed by atoms with Crippen LogP contribution in [0.15, 0.2) is 40.9 Å². The molecule has 2 aromatic carbocycles. The van der Waals surface area contributed by atoms with Gasteiger partial charge in [-0.15, -0.1) is 0 Å². The number of aromatic nitrogens is 2. The molecular weight excluding hydrogens is 378 g/mol. The molecule has 2 heterocycles. The van der Waals surface area contributed by atoms with Gasteiger partial charge in [0.25, 0.3) is 0 Å². The molecule has 150 valence electrons. The molecule has 1 saturated heterocycles. The van der Waals surface area contributed by atoms with E-state index in [1.54, 1.807) is 4.90 Å². The van der Waals surface area contributed by atoms with Crippen LogP contribution < -0.4 is 5.32 Å². The van der Waals surface area contributed by atoms with Crippen molar-refractivity contribution in [2.45, 2.75) is 32.7 Å². The van der Waals surface area contributed by atoms with Crippen molar-refractivity contribution in [2.24, 2.45) is 0 Å². The molecule has 0 spiro atoms. The normalized spacial score (nSPS) is 16.3. The summed E-state index contributed by atoms with van der Waals surface area (Å²) < 4.78 is 32.4. The van der Waals surface area contributed by atoms with Crippen LogP contribution in [0.1, 0.15) is 35.9 Å². The summed E-state index contributed by atoms with van der Waals surface area (Å²) in [5.41, 5.74) is 2.88. The van der Waals surface area contributed by atoms with Crippen LogP contribution in [0.5, 0.6) is 0 Å². The Morgan fingerprint density at radius 1 is 1.17 bits per heavy atom. The number of nitrogens with one attached hydrogen (secondary N) is 1. The number of nitrogens with zero attached hydrogens (tertiary/aromatic N) is 3. The number of benzene rings is 2. The Kier molecular flexibility index (Phi) is 5.00. The monoisotopic (exact) mass is 398 g/mol. The third kappa shape index (κ3) is 3.96. The van der Waals surface area contributed by atoms with Crippen molar-refractivity contribution in [2.75, 3.05) is 11.9 Å². The third-order valence-corrected chi connectivity index (χ3v) is 4.89. The molecule has 1 aliphatic heterocycles. The van der Waals surface area contributed by atoms with Crippen molar-refractivity contribution in [3.8, 4) is 11.4 Å². The van der Waals surface area contributed by atoms with Gasteiger partial charge < -0.3 is 14.7 Å². The zero-order chi connectivity index (χ0) is 20.5. The average molecular weight is 398 g/mol. The lowest BCUT2D eigenvalue weighted by molar-refractivity contribution is 0.193. The Labute approximate surface area is 166 Å². The van der Waals surface area contributed by atoms with E-state index in [-0.39, 0.29) is 23.3 Å². The zero-order valence-corrected chi connectivity index (χ0v) is 16.1. The summed E-state index contributed by atoms with van der Waals surface area (Å²) in [7, 11) is 0. The maximum absolute atomic E-state index is 14.0. The summed E-state index contributed by atoms with van der Waals surface area (Å²) in [4.78, 5) is 18.7. The van der Waals surface area contributed by atoms with Crippen molar-refractivity contribution >= 4 is 11.7 Å². The molecule has 0 radical (unpaired) electrons. The van der Waals surface area contributed by atoms with Crippen molar-refractivity contribution in [3.63, 3.8) is 0 Å². The summed E-state index contributed by atoms with van der Waals surface area (Å²) in [5, 5.41) is 6.73. The van der Waals surface area contributed by atoms with E-state index in [9.17, 15) is 13.6 Å². The maximum atomic E-state index is 14.0. The van der Waals surface area contributed by atoms with E-state index in [0.717, 1.165) is 35.4 Å². The van der Waals surface area contributed by atoms with Crippen LogP contribution in [0.25, 0.3) is 11.4 Å². The van der Waals surface area contributed by atoms with Crippen LogP contribution in [0.3, 0.4) is 0 Å². The van der Waals surface area contributed by atoms with Crippen molar-refractivity contribution in [1.29, 1.82) is 0 Å². The van der Waals surface area contributed by atoms with Gasteiger partial charge in [0, 0.05) is 18.3 Å². The second-order valence-electron chi connectivity index (χ2n) is 7.24. The molecule has 1 N–H and O–H groups in total. The molecule has 1 aliphatic rings. The number of carbonyl (C=O) groups is 1. The van der Waals surface area contributed by atoms with Crippen LogP contribution in [0.2, 0.25) is 0 Å². The number of hydrogen-bond donors (Lipinski definition) is 1. The van der Waals surface area contributed by atoms with E-state index in [2.05, 4.69) is 15.5 Å². The minimum Gasteiger partial charge on any atom is -0.337 e. The molecule has 1 fully saturated rings. The second-order valence-corrected chi connectivity index (χ2v) is 7.24. The first-order valence-electron chi connectivity index (χ1n) is 9.35. The van der Waals surface area contributed by atoms with E-state index >= 15 is 0 Å². The highest BCUT2D eigenvalue weighted by molar-refractivity contribution is 5.90. The smallest absolute Gasteiger partial charge is 0.322 e. The SMILES string of the molecule is Cc1cc(C)cc(NC(=O)N2CCC[C@H]2c2nc(-c3ccc(F)cc3F)no2)c1. The van der Waals surface area contributed by atoms with E-state index < -0.39 is 17.7 Å². The highest BCUT2D eigenvalue weighted by Crippen LogP contribution is 2.33. The molecular formula is C21H20F2N4O2. The minimum atomic E-state index is -0.770. The minimum absolute atomic E-state index is 0.0269. The quantitative estimate of drug-likeness (QED) is 0.674. The van der Waals surface area contributed by atoms with Gasteiger partial charge in [-0.1, -0.05) is 11.2 Å². The fourth-order valence-corrected chi connectivity index (χ4v) is 3.66. The van der Waals surface area contributed by atoms with Gasteiger partial charge in [0.1, 0.15) is 17.7 Å². The second kappa shape index (κ2) is 7.62. The van der Waals surface area contributed by atoms with Gasteiger partial charge >= 0.3 is 6.03 Å². The summed E-state index contributed by atoms with van der Waals surface area (Å²) in [5.74, 6) is -1.19. The summed E-state index contributed by atoms with van der Waals surface area (Å²) in [6.45, 7) is 4.48. The van der Waals surface area contributed by atoms with Gasteiger partial charge in [-0.25, -0.2) is 13.6 Å². The van der Waals surface area contributed by atoms with Crippen LogP contribution in [-0.2, 0) is 0 Å². The number of aryl methyl sites for hydroxylation is 2. The summed E-state index contributed by atoms with van der Waals surface area (Å²) in [6.07, 6.45) is 1.45. The standard InChI is InChI=1S/C21H20F2N4O2/c1-12-8-13(2)10-15(9-12)24-21(28)27-7-3-4-18(27)20-25-19(26-29-20)16-6-5-14(22)11-17(16)23/h5-6,8-11,18H,3-4,7H2,1-2H3,(H,24,28)/t18-/m0/s1. The van der Waals surface area contributed by atoms with Crippen LogP contribution in [0, 0.1) is 25.5 Å². The predicted molar refractivity (Wildman–Crippen MR) is 103 cm³/mol. The van der Waals surface area contributed by atoms with E-state index in [1.807, 2.05) is 32.0 Å². The molecule has 6 nitrogen and oxygen atoms in total. The van der Waals surface area contributed by atoms with E-state index in [1.165, 1.54) is 6.07 Å². The fraction of sp³-hybridized carbons (Fsp3) is 0.286.